The van der Waals surface area contributed by atoms with E-state index in [0.717, 1.165) is 25.5 Å². The van der Waals surface area contributed by atoms with Gasteiger partial charge in [0.25, 0.3) is 0 Å². The Labute approximate surface area is 112 Å². The molecule has 18 heavy (non-hydrogen) atoms. The summed E-state index contributed by atoms with van der Waals surface area (Å²) in [6.45, 7) is 1.96. The Morgan fingerprint density at radius 3 is 3.06 bits per heavy atom. The van der Waals surface area contributed by atoms with Gasteiger partial charge in [0.05, 0.1) is 6.04 Å². The summed E-state index contributed by atoms with van der Waals surface area (Å²) in [6, 6.07) is 2.69. The van der Waals surface area contributed by atoms with Crippen LogP contribution in [0.25, 0.3) is 0 Å². The largest absolute Gasteiger partial charge is 0.337 e. The Morgan fingerprint density at radius 2 is 2.28 bits per heavy atom. The first kappa shape index (κ1) is 12.0. The van der Waals surface area contributed by atoms with Crippen molar-refractivity contribution in [1.82, 2.24) is 10.3 Å². The zero-order chi connectivity index (χ0) is 12.4. The summed E-state index contributed by atoms with van der Waals surface area (Å²) >= 11 is 1.86. The molecular weight excluding hydrogens is 244 g/mol. The third-order valence-corrected chi connectivity index (χ3v) is 4.89. The topological polar surface area (TPSA) is 53.6 Å². The molecule has 0 unspecified atom stereocenters. The number of thiophene rings is 1. The number of hydrogen-bond acceptors (Lipinski definition) is 3. The summed E-state index contributed by atoms with van der Waals surface area (Å²) in [7, 11) is 0. The minimum absolute atomic E-state index is 0.472. The molecule has 2 aliphatic rings. The third-order valence-electron chi connectivity index (χ3n) is 3.87. The number of hydrazine groups is 1. The zero-order valence-corrected chi connectivity index (χ0v) is 11.4. The van der Waals surface area contributed by atoms with E-state index in [0.29, 0.717) is 6.04 Å². The lowest BCUT2D eigenvalue weighted by Crippen LogP contribution is -2.47. The zero-order valence-electron chi connectivity index (χ0n) is 10.6. The van der Waals surface area contributed by atoms with Gasteiger partial charge in [-0.25, -0.2) is 10.8 Å². The van der Waals surface area contributed by atoms with Crippen molar-refractivity contribution in [2.45, 2.75) is 44.7 Å². The van der Waals surface area contributed by atoms with Gasteiger partial charge in [0.1, 0.15) is 0 Å². The van der Waals surface area contributed by atoms with Gasteiger partial charge in [-0.2, -0.15) is 0 Å². The molecule has 0 saturated heterocycles. The van der Waals surface area contributed by atoms with E-state index in [1.54, 1.807) is 0 Å². The first-order valence-corrected chi connectivity index (χ1v) is 7.59. The maximum Gasteiger partial charge on any atom is 0.208 e. The van der Waals surface area contributed by atoms with Gasteiger partial charge in [-0.3, -0.25) is 5.43 Å². The van der Waals surface area contributed by atoms with Gasteiger partial charge in [0.15, 0.2) is 0 Å². The summed E-state index contributed by atoms with van der Waals surface area (Å²) in [5.41, 5.74) is 4.23. The van der Waals surface area contributed by atoms with Crippen LogP contribution in [-0.2, 0) is 13.0 Å². The van der Waals surface area contributed by atoms with E-state index >= 15 is 0 Å². The van der Waals surface area contributed by atoms with Crippen LogP contribution in [0.5, 0.6) is 0 Å². The maximum atomic E-state index is 5.66. The van der Waals surface area contributed by atoms with Crippen molar-refractivity contribution in [1.29, 1.82) is 0 Å². The number of rotatable bonds is 1. The molecule has 1 saturated carbocycles. The van der Waals surface area contributed by atoms with Crippen molar-refractivity contribution in [2.75, 3.05) is 6.54 Å². The number of fused-ring (bicyclic) bond motifs is 1. The third kappa shape index (κ3) is 2.37. The molecule has 3 rings (SSSR count). The second-order valence-corrected chi connectivity index (χ2v) is 6.08. The van der Waals surface area contributed by atoms with Crippen LogP contribution in [0.3, 0.4) is 0 Å². The van der Waals surface area contributed by atoms with Gasteiger partial charge in [0, 0.05) is 18.0 Å². The van der Waals surface area contributed by atoms with E-state index in [1.165, 1.54) is 36.1 Å². The average molecular weight is 264 g/mol. The molecule has 0 atom stereocenters. The van der Waals surface area contributed by atoms with Gasteiger partial charge in [0.2, 0.25) is 5.96 Å². The highest BCUT2D eigenvalue weighted by molar-refractivity contribution is 7.10. The molecule has 1 aliphatic heterocycles. The molecule has 1 aromatic rings. The second kappa shape index (κ2) is 5.28. The Bertz CT molecular complexity index is 434. The summed E-state index contributed by atoms with van der Waals surface area (Å²) < 4.78 is 0. The summed E-state index contributed by atoms with van der Waals surface area (Å²) in [6.07, 6.45) is 6.14. The van der Waals surface area contributed by atoms with Crippen molar-refractivity contribution in [3.8, 4) is 0 Å². The van der Waals surface area contributed by atoms with E-state index in [-0.39, 0.29) is 0 Å². The van der Waals surface area contributed by atoms with Crippen molar-refractivity contribution in [3.05, 3.63) is 21.9 Å². The number of nitrogens with two attached hydrogens (primary N) is 1. The fraction of sp³-hybridized carbons (Fsp3) is 0.615. The number of nitrogens with zero attached hydrogens (tertiary/aromatic N) is 2. The Kier molecular flexibility index (Phi) is 3.52. The number of guanidine groups is 1. The van der Waals surface area contributed by atoms with E-state index < -0.39 is 0 Å². The van der Waals surface area contributed by atoms with Crippen LogP contribution >= 0.6 is 11.3 Å². The quantitative estimate of drug-likeness (QED) is 0.352. The summed E-state index contributed by atoms with van der Waals surface area (Å²) in [5, 5.41) is 2.18. The fourth-order valence-corrected chi connectivity index (χ4v) is 3.74. The molecule has 1 fully saturated rings. The van der Waals surface area contributed by atoms with Crippen molar-refractivity contribution in [3.63, 3.8) is 0 Å². The minimum Gasteiger partial charge on any atom is -0.337 e. The molecular formula is C13H20N4S. The van der Waals surface area contributed by atoms with Crippen molar-refractivity contribution >= 4 is 17.3 Å². The Balaban J connectivity index is 1.73. The normalized spacial score (nSPS) is 21.2. The molecule has 4 nitrogen and oxygen atoms in total. The average Bonchev–Trinajstić information content (AvgIpc) is 3.06. The number of nitrogens with one attached hydrogen (secondary N) is 1. The van der Waals surface area contributed by atoms with Crippen LogP contribution in [0.1, 0.15) is 36.1 Å². The minimum atomic E-state index is 0.472. The predicted octanol–water partition coefficient (Wildman–Crippen LogP) is 1.87. The maximum absolute atomic E-state index is 5.66. The Hall–Kier alpha value is -1.07. The van der Waals surface area contributed by atoms with Gasteiger partial charge in [-0.1, -0.05) is 12.8 Å². The highest BCUT2D eigenvalue weighted by Gasteiger charge is 2.21. The van der Waals surface area contributed by atoms with Crippen LogP contribution in [0, 0.1) is 0 Å². The number of aliphatic imine (C=N–C) groups is 1. The molecule has 5 heteroatoms. The van der Waals surface area contributed by atoms with E-state index in [1.807, 2.05) is 11.3 Å². The van der Waals surface area contributed by atoms with Crippen LogP contribution in [-0.4, -0.2) is 23.4 Å². The van der Waals surface area contributed by atoms with Gasteiger partial charge >= 0.3 is 0 Å². The number of hydrogen-bond donors (Lipinski definition) is 2. The highest BCUT2D eigenvalue weighted by atomic mass is 32.1. The lowest BCUT2D eigenvalue weighted by atomic mass is 10.1. The van der Waals surface area contributed by atoms with Crippen LogP contribution < -0.4 is 11.3 Å². The molecule has 2 heterocycles. The van der Waals surface area contributed by atoms with E-state index in [4.69, 9.17) is 10.8 Å². The predicted molar refractivity (Wildman–Crippen MR) is 75.4 cm³/mol. The van der Waals surface area contributed by atoms with E-state index in [9.17, 15) is 0 Å². The molecule has 1 aliphatic carbocycles. The summed E-state index contributed by atoms with van der Waals surface area (Å²) in [4.78, 5) is 8.57. The fourth-order valence-electron chi connectivity index (χ4n) is 2.85. The molecule has 0 radical (unpaired) electrons. The SMILES string of the molecule is NNC(=NC1CCCC1)N1CCc2sccc2C1. The molecule has 98 valence electrons. The molecule has 0 amide bonds. The lowest BCUT2D eigenvalue weighted by molar-refractivity contribution is 0.379. The Morgan fingerprint density at radius 1 is 1.44 bits per heavy atom. The first-order chi connectivity index (χ1) is 8.86. The molecule has 0 bridgehead atoms. The molecule has 0 aromatic carbocycles. The van der Waals surface area contributed by atoms with Crippen LogP contribution in [0.4, 0.5) is 0 Å². The molecule has 3 N–H and O–H groups in total. The summed E-state index contributed by atoms with van der Waals surface area (Å²) in [5.74, 6) is 6.53. The molecule has 1 aromatic heterocycles. The molecule has 0 spiro atoms. The first-order valence-electron chi connectivity index (χ1n) is 6.71. The van der Waals surface area contributed by atoms with Gasteiger partial charge < -0.3 is 4.90 Å². The van der Waals surface area contributed by atoms with Gasteiger partial charge in [-0.15, -0.1) is 11.3 Å². The van der Waals surface area contributed by atoms with Crippen LogP contribution in [0.15, 0.2) is 16.4 Å². The monoisotopic (exact) mass is 264 g/mol. The van der Waals surface area contributed by atoms with Crippen molar-refractivity contribution in [2.24, 2.45) is 10.8 Å². The highest BCUT2D eigenvalue weighted by Crippen LogP contribution is 2.25. The smallest absolute Gasteiger partial charge is 0.208 e. The van der Waals surface area contributed by atoms with E-state index in [2.05, 4.69) is 21.8 Å². The van der Waals surface area contributed by atoms with Gasteiger partial charge in [-0.05, 0) is 36.3 Å². The van der Waals surface area contributed by atoms with Crippen LogP contribution in [0.2, 0.25) is 0 Å². The van der Waals surface area contributed by atoms with Crippen molar-refractivity contribution < 1.29 is 0 Å². The second-order valence-electron chi connectivity index (χ2n) is 5.08. The standard InChI is InChI=1S/C13H20N4S/c14-16-13(15-11-3-1-2-4-11)17-7-5-12-10(9-17)6-8-18-12/h6,8,11H,1-5,7,9,14H2,(H,15,16). The lowest BCUT2D eigenvalue weighted by Gasteiger charge is -2.30.